The summed E-state index contributed by atoms with van der Waals surface area (Å²) in [6.45, 7) is 2.90. The van der Waals surface area contributed by atoms with E-state index < -0.39 is 0 Å². The van der Waals surface area contributed by atoms with Gasteiger partial charge in [0.15, 0.2) is 0 Å². The Kier molecular flexibility index (Phi) is 5.12. The van der Waals surface area contributed by atoms with E-state index in [4.69, 9.17) is 4.74 Å². The molecule has 0 saturated carbocycles. The van der Waals surface area contributed by atoms with Crippen LogP contribution in [0.4, 0.5) is 11.4 Å². The molecule has 0 spiro atoms. The number of hydrogen-bond donors (Lipinski definition) is 1. The fourth-order valence-corrected chi connectivity index (χ4v) is 2.81. The lowest BCUT2D eigenvalue weighted by Gasteiger charge is -2.17. The van der Waals surface area contributed by atoms with Gasteiger partial charge in [0, 0.05) is 32.0 Å². The first-order valence-electron chi connectivity index (χ1n) is 6.85. The SMILES string of the molecule is COc1ccc(CNc2ccc(C)c(N(C)C)c2)cc1Br. The summed E-state index contributed by atoms with van der Waals surface area (Å²) in [5.74, 6) is 0.851. The van der Waals surface area contributed by atoms with E-state index in [0.29, 0.717) is 0 Å². The van der Waals surface area contributed by atoms with Gasteiger partial charge in [-0.05, 0) is 58.2 Å². The zero-order chi connectivity index (χ0) is 15.4. The van der Waals surface area contributed by atoms with Crippen molar-refractivity contribution in [2.75, 3.05) is 31.4 Å². The molecule has 0 aliphatic carbocycles. The van der Waals surface area contributed by atoms with Crippen LogP contribution in [-0.2, 0) is 6.54 Å². The van der Waals surface area contributed by atoms with E-state index in [1.54, 1.807) is 7.11 Å². The van der Waals surface area contributed by atoms with E-state index in [1.165, 1.54) is 16.8 Å². The quantitative estimate of drug-likeness (QED) is 0.863. The third kappa shape index (κ3) is 3.91. The summed E-state index contributed by atoms with van der Waals surface area (Å²) < 4.78 is 6.22. The molecule has 0 radical (unpaired) electrons. The Balaban J connectivity index is 2.09. The lowest BCUT2D eigenvalue weighted by molar-refractivity contribution is 0.412. The number of anilines is 2. The van der Waals surface area contributed by atoms with Gasteiger partial charge in [0.25, 0.3) is 0 Å². The molecule has 0 unspecified atom stereocenters. The minimum Gasteiger partial charge on any atom is -0.496 e. The molecule has 4 heteroatoms. The highest BCUT2D eigenvalue weighted by atomic mass is 79.9. The van der Waals surface area contributed by atoms with E-state index >= 15 is 0 Å². The van der Waals surface area contributed by atoms with Gasteiger partial charge >= 0.3 is 0 Å². The van der Waals surface area contributed by atoms with Gasteiger partial charge in [-0.15, -0.1) is 0 Å². The van der Waals surface area contributed by atoms with Gasteiger partial charge in [0.05, 0.1) is 11.6 Å². The maximum absolute atomic E-state index is 5.25. The molecule has 0 bridgehead atoms. The number of methoxy groups -OCH3 is 1. The van der Waals surface area contributed by atoms with Crippen molar-refractivity contribution in [3.8, 4) is 5.75 Å². The largest absolute Gasteiger partial charge is 0.496 e. The molecule has 112 valence electrons. The van der Waals surface area contributed by atoms with Crippen molar-refractivity contribution in [1.82, 2.24) is 0 Å². The van der Waals surface area contributed by atoms with Gasteiger partial charge < -0.3 is 15.0 Å². The molecular weight excluding hydrogens is 328 g/mol. The number of rotatable bonds is 5. The fourth-order valence-electron chi connectivity index (χ4n) is 2.23. The number of aryl methyl sites for hydroxylation is 1. The van der Waals surface area contributed by atoms with Crippen LogP contribution in [0.15, 0.2) is 40.9 Å². The van der Waals surface area contributed by atoms with Crippen molar-refractivity contribution in [1.29, 1.82) is 0 Å². The number of nitrogens with one attached hydrogen (secondary N) is 1. The predicted octanol–water partition coefficient (Wildman–Crippen LogP) is 4.44. The van der Waals surface area contributed by atoms with Crippen LogP contribution < -0.4 is 15.0 Å². The number of nitrogens with zero attached hydrogens (tertiary/aromatic N) is 1. The third-order valence-corrected chi connectivity index (χ3v) is 4.02. The van der Waals surface area contributed by atoms with Crippen LogP contribution >= 0.6 is 15.9 Å². The van der Waals surface area contributed by atoms with Crippen molar-refractivity contribution in [2.45, 2.75) is 13.5 Å². The number of ether oxygens (including phenoxy) is 1. The van der Waals surface area contributed by atoms with Crippen LogP contribution in [0.1, 0.15) is 11.1 Å². The van der Waals surface area contributed by atoms with Crippen LogP contribution in [0.5, 0.6) is 5.75 Å². The van der Waals surface area contributed by atoms with Gasteiger partial charge in [-0.25, -0.2) is 0 Å². The summed E-state index contributed by atoms with van der Waals surface area (Å²) >= 11 is 3.51. The zero-order valence-corrected chi connectivity index (χ0v) is 14.5. The van der Waals surface area contributed by atoms with Gasteiger partial charge in [-0.2, -0.15) is 0 Å². The first kappa shape index (κ1) is 15.7. The first-order chi connectivity index (χ1) is 10.0. The molecule has 0 amide bonds. The Hall–Kier alpha value is -1.68. The molecule has 2 aromatic carbocycles. The first-order valence-corrected chi connectivity index (χ1v) is 7.65. The smallest absolute Gasteiger partial charge is 0.133 e. The number of halogens is 1. The van der Waals surface area contributed by atoms with Crippen LogP contribution in [0.25, 0.3) is 0 Å². The van der Waals surface area contributed by atoms with Crippen molar-refractivity contribution in [2.24, 2.45) is 0 Å². The van der Waals surface area contributed by atoms with E-state index in [1.807, 2.05) is 6.07 Å². The molecule has 0 fully saturated rings. The van der Waals surface area contributed by atoms with Gasteiger partial charge in [0.1, 0.15) is 5.75 Å². The highest BCUT2D eigenvalue weighted by Gasteiger charge is 2.04. The van der Waals surface area contributed by atoms with Crippen molar-refractivity contribution in [3.05, 3.63) is 52.0 Å². The average Bonchev–Trinajstić information content (AvgIpc) is 2.46. The average molecular weight is 349 g/mol. The fraction of sp³-hybridized carbons (Fsp3) is 0.294. The van der Waals surface area contributed by atoms with Gasteiger partial charge in [0.2, 0.25) is 0 Å². The molecule has 3 nitrogen and oxygen atoms in total. The van der Waals surface area contributed by atoms with Crippen molar-refractivity contribution in [3.63, 3.8) is 0 Å². The minimum atomic E-state index is 0.776. The Bertz CT molecular complexity index is 626. The standard InChI is InChI=1S/C17H21BrN2O/c1-12-5-7-14(10-16(12)20(2)3)19-11-13-6-8-17(21-4)15(18)9-13/h5-10,19H,11H2,1-4H3. The second-order valence-electron chi connectivity index (χ2n) is 5.22. The summed E-state index contributed by atoms with van der Waals surface area (Å²) in [7, 11) is 5.80. The zero-order valence-electron chi connectivity index (χ0n) is 12.9. The molecule has 2 aromatic rings. The summed E-state index contributed by atoms with van der Waals surface area (Å²) in [6, 6.07) is 12.5. The van der Waals surface area contributed by atoms with Crippen LogP contribution in [-0.4, -0.2) is 21.2 Å². The van der Waals surface area contributed by atoms with Gasteiger partial charge in [-0.1, -0.05) is 12.1 Å². The normalized spacial score (nSPS) is 10.3. The molecule has 0 heterocycles. The third-order valence-electron chi connectivity index (χ3n) is 3.40. The summed E-state index contributed by atoms with van der Waals surface area (Å²) in [5, 5.41) is 3.46. The van der Waals surface area contributed by atoms with E-state index in [2.05, 4.69) is 77.5 Å². The predicted molar refractivity (Wildman–Crippen MR) is 93.5 cm³/mol. The second-order valence-corrected chi connectivity index (χ2v) is 6.07. The molecule has 0 atom stereocenters. The Labute approximate surface area is 135 Å². The van der Waals surface area contributed by atoms with E-state index in [-0.39, 0.29) is 0 Å². The molecule has 0 saturated heterocycles. The molecule has 21 heavy (non-hydrogen) atoms. The molecule has 2 rings (SSSR count). The maximum atomic E-state index is 5.25. The highest BCUT2D eigenvalue weighted by Crippen LogP contribution is 2.26. The van der Waals surface area contributed by atoms with E-state index in [9.17, 15) is 0 Å². The molecule has 0 aliphatic heterocycles. The highest BCUT2D eigenvalue weighted by molar-refractivity contribution is 9.10. The Morgan fingerprint density at radius 3 is 2.52 bits per heavy atom. The Morgan fingerprint density at radius 1 is 1.14 bits per heavy atom. The van der Waals surface area contributed by atoms with Crippen LogP contribution in [0, 0.1) is 6.92 Å². The van der Waals surface area contributed by atoms with E-state index in [0.717, 1.165) is 22.5 Å². The lowest BCUT2D eigenvalue weighted by atomic mass is 10.1. The summed E-state index contributed by atoms with van der Waals surface area (Å²) in [5.41, 5.74) is 4.83. The molecular formula is C17H21BrN2O. The Morgan fingerprint density at radius 2 is 1.90 bits per heavy atom. The van der Waals surface area contributed by atoms with Crippen molar-refractivity contribution >= 4 is 27.3 Å². The van der Waals surface area contributed by atoms with Gasteiger partial charge in [-0.3, -0.25) is 0 Å². The molecule has 0 aliphatic rings. The minimum absolute atomic E-state index is 0.776. The topological polar surface area (TPSA) is 24.5 Å². The molecule has 0 aromatic heterocycles. The number of hydrogen-bond acceptors (Lipinski definition) is 3. The summed E-state index contributed by atoms with van der Waals surface area (Å²) in [6.07, 6.45) is 0. The second kappa shape index (κ2) is 6.85. The lowest BCUT2D eigenvalue weighted by Crippen LogP contribution is -2.11. The summed E-state index contributed by atoms with van der Waals surface area (Å²) in [4.78, 5) is 2.13. The van der Waals surface area contributed by atoms with Crippen LogP contribution in [0.2, 0.25) is 0 Å². The van der Waals surface area contributed by atoms with Crippen LogP contribution in [0.3, 0.4) is 0 Å². The number of benzene rings is 2. The van der Waals surface area contributed by atoms with Crippen molar-refractivity contribution < 1.29 is 4.74 Å². The maximum Gasteiger partial charge on any atom is 0.133 e. The monoisotopic (exact) mass is 348 g/mol. The molecule has 1 N–H and O–H groups in total.